The average Bonchev–Trinajstić information content (AvgIpc) is 3.01. The van der Waals surface area contributed by atoms with Crippen LogP contribution in [0.4, 0.5) is 0 Å². The maximum Gasteiger partial charge on any atom is 0.185 e. The van der Waals surface area contributed by atoms with E-state index >= 15 is 0 Å². The highest BCUT2D eigenvalue weighted by Gasteiger charge is 2.48. The summed E-state index contributed by atoms with van der Waals surface area (Å²) in [5, 5.41) is 22.5. The molecule has 2 N–H and O–H groups in total. The molecule has 4 aromatic rings. The van der Waals surface area contributed by atoms with Gasteiger partial charge < -0.3 is 29.2 Å². The van der Waals surface area contributed by atoms with Crippen LogP contribution in [0.15, 0.2) is 134 Å². The topological polar surface area (TPSA) is 77.4 Å². The van der Waals surface area contributed by atoms with E-state index < -0.39 is 36.3 Å². The Morgan fingerprint density at radius 1 is 0.700 bits per heavy atom. The molecule has 0 radical (unpaired) electrons. The molecule has 0 aromatic heterocycles. The normalized spacial score (nSPS) is 22.9. The molecule has 1 aliphatic rings. The predicted molar refractivity (Wildman–Crippen MR) is 153 cm³/mol. The van der Waals surface area contributed by atoms with Crippen LogP contribution in [-0.4, -0.2) is 54.1 Å². The molecular weight excluding hydrogens is 504 g/mol. The van der Waals surface area contributed by atoms with E-state index in [4.69, 9.17) is 18.9 Å². The number of aliphatic hydroxyl groups is 2. The monoisotopic (exact) mass is 538 g/mol. The van der Waals surface area contributed by atoms with Gasteiger partial charge in [-0.3, -0.25) is 0 Å². The fourth-order valence-electron chi connectivity index (χ4n) is 5.17. The fraction of sp³-hybridized carbons (Fsp3) is 0.235. The maximum atomic E-state index is 11.5. The van der Waals surface area contributed by atoms with Crippen LogP contribution in [0.25, 0.3) is 0 Å². The van der Waals surface area contributed by atoms with Gasteiger partial charge in [-0.2, -0.15) is 0 Å². The highest BCUT2D eigenvalue weighted by atomic mass is 16.7. The second kappa shape index (κ2) is 13.0. The highest BCUT2D eigenvalue weighted by molar-refractivity contribution is 5.47. The summed E-state index contributed by atoms with van der Waals surface area (Å²) in [6.07, 6.45) is -3.72. The van der Waals surface area contributed by atoms with Gasteiger partial charge in [0.2, 0.25) is 0 Å². The average molecular weight is 539 g/mol. The first-order chi connectivity index (χ1) is 19.6. The third kappa shape index (κ3) is 5.87. The Morgan fingerprint density at radius 2 is 1.18 bits per heavy atom. The number of ether oxygens (including phenoxy) is 4. The van der Waals surface area contributed by atoms with E-state index in [9.17, 15) is 10.2 Å². The largest absolute Gasteiger partial charge is 0.485 e. The lowest BCUT2D eigenvalue weighted by atomic mass is 9.80. The van der Waals surface area contributed by atoms with Crippen molar-refractivity contribution in [2.75, 3.05) is 13.2 Å². The van der Waals surface area contributed by atoms with Crippen molar-refractivity contribution in [2.24, 2.45) is 0 Å². The quantitative estimate of drug-likeness (QED) is 0.205. The van der Waals surface area contributed by atoms with E-state index in [2.05, 4.69) is 6.58 Å². The van der Waals surface area contributed by atoms with E-state index in [1.165, 1.54) is 0 Å². The Balaban J connectivity index is 1.50. The number of para-hydroxylation sites is 1. The minimum absolute atomic E-state index is 0.0419. The van der Waals surface area contributed by atoms with Crippen LogP contribution >= 0.6 is 0 Å². The summed E-state index contributed by atoms with van der Waals surface area (Å²) >= 11 is 0. The minimum atomic E-state index is -1.36. The zero-order chi connectivity index (χ0) is 27.8. The number of benzene rings is 4. The lowest BCUT2D eigenvalue weighted by Gasteiger charge is -2.44. The summed E-state index contributed by atoms with van der Waals surface area (Å²) in [7, 11) is 0. The van der Waals surface area contributed by atoms with Crippen molar-refractivity contribution >= 4 is 0 Å². The molecule has 1 saturated heterocycles. The summed E-state index contributed by atoms with van der Waals surface area (Å²) in [5.41, 5.74) is 1.75. The Kier molecular flexibility index (Phi) is 9.06. The number of rotatable bonds is 11. The number of hydrogen-bond donors (Lipinski definition) is 2. The molecule has 0 aliphatic carbocycles. The summed E-state index contributed by atoms with van der Waals surface area (Å²) in [6, 6.07) is 39.0. The van der Waals surface area contributed by atoms with Crippen molar-refractivity contribution in [3.63, 3.8) is 0 Å². The van der Waals surface area contributed by atoms with Crippen LogP contribution in [0.2, 0.25) is 0 Å². The Labute approximate surface area is 235 Å². The summed E-state index contributed by atoms with van der Waals surface area (Å²) in [4.78, 5) is 0. The molecule has 40 heavy (non-hydrogen) atoms. The standard InChI is InChI=1S/C34H34O6/c1-2-23-37-32-31(39-28-21-13-6-14-22-28)30(35)29(40-33(32)36)24-38-34(25-15-7-3-8-16-25,26-17-9-4-10-18-26)27-19-11-5-12-20-27/h2-22,29-33,35-36H,1,23-24H2/t29-,30-,31-,32-,33+/m1/s1. The fourth-order valence-corrected chi connectivity index (χ4v) is 5.17. The molecule has 0 saturated carbocycles. The first-order valence-electron chi connectivity index (χ1n) is 13.4. The molecule has 4 aromatic carbocycles. The van der Waals surface area contributed by atoms with Gasteiger partial charge in [0.15, 0.2) is 12.4 Å². The van der Waals surface area contributed by atoms with Gasteiger partial charge in [-0.25, -0.2) is 0 Å². The van der Waals surface area contributed by atoms with Crippen LogP contribution in [0.5, 0.6) is 5.75 Å². The van der Waals surface area contributed by atoms with Crippen LogP contribution in [0.3, 0.4) is 0 Å². The lowest BCUT2D eigenvalue weighted by Crippen LogP contribution is -2.62. The SMILES string of the molecule is C=CCO[C@@H]1[C@H](Oc2ccccc2)[C@H](O)[C@@H](COC(c2ccccc2)(c2ccccc2)c2ccccc2)O[C@@H]1O. The maximum absolute atomic E-state index is 11.5. The van der Waals surface area contributed by atoms with E-state index in [-0.39, 0.29) is 13.2 Å². The highest BCUT2D eigenvalue weighted by Crippen LogP contribution is 2.41. The molecule has 0 spiro atoms. The van der Waals surface area contributed by atoms with Crippen molar-refractivity contribution in [1.82, 2.24) is 0 Å². The van der Waals surface area contributed by atoms with Gasteiger partial charge in [0.05, 0.1) is 13.2 Å². The van der Waals surface area contributed by atoms with Crippen LogP contribution in [0, 0.1) is 0 Å². The van der Waals surface area contributed by atoms with E-state index in [0.29, 0.717) is 5.75 Å². The smallest absolute Gasteiger partial charge is 0.185 e. The van der Waals surface area contributed by atoms with Gasteiger partial charge in [0.1, 0.15) is 29.7 Å². The molecule has 6 nitrogen and oxygen atoms in total. The first-order valence-corrected chi connectivity index (χ1v) is 13.4. The van der Waals surface area contributed by atoms with E-state index in [1.807, 2.05) is 109 Å². The van der Waals surface area contributed by atoms with Crippen LogP contribution in [0.1, 0.15) is 16.7 Å². The summed E-state index contributed by atoms with van der Waals surface area (Å²) in [5.74, 6) is 0.541. The Hall–Kier alpha value is -3.78. The molecule has 5 atom stereocenters. The molecule has 0 unspecified atom stereocenters. The molecule has 0 amide bonds. The molecule has 1 heterocycles. The van der Waals surface area contributed by atoms with Gasteiger partial charge in [-0.1, -0.05) is 115 Å². The minimum Gasteiger partial charge on any atom is -0.485 e. The molecule has 0 bridgehead atoms. The van der Waals surface area contributed by atoms with E-state index in [1.54, 1.807) is 18.2 Å². The zero-order valence-electron chi connectivity index (χ0n) is 22.2. The third-order valence-electron chi connectivity index (χ3n) is 7.06. The van der Waals surface area contributed by atoms with Crippen molar-refractivity contribution in [3.8, 4) is 5.75 Å². The van der Waals surface area contributed by atoms with Crippen molar-refractivity contribution in [3.05, 3.63) is 151 Å². The summed E-state index contributed by atoms with van der Waals surface area (Å²) in [6.45, 7) is 3.80. The molecule has 6 heteroatoms. The van der Waals surface area contributed by atoms with Gasteiger partial charge in [-0.05, 0) is 28.8 Å². The van der Waals surface area contributed by atoms with Crippen LogP contribution < -0.4 is 4.74 Å². The van der Waals surface area contributed by atoms with E-state index in [0.717, 1.165) is 16.7 Å². The van der Waals surface area contributed by atoms with Crippen molar-refractivity contribution in [1.29, 1.82) is 0 Å². The number of hydrogen-bond acceptors (Lipinski definition) is 6. The van der Waals surface area contributed by atoms with Crippen molar-refractivity contribution < 1.29 is 29.2 Å². The molecule has 1 aliphatic heterocycles. The molecule has 1 fully saturated rings. The predicted octanol–water partition coefficient (Wildman–Crippen LogP) is 5.09. The van der Waals surface area contributed by atoms with Crippen molar-refractivity contribution in [2.45, 2.75) is 36.3 Å². The first kappa shape index (κ1) is 27.8. The van der Waals surface area contributed by atoms with Gasteiger partial charge in [-0.15, -0.1) is 6.58 Å². The van der Waals surface area contributed by atoms with Gasteiger partial charge in [0, 0.05) is 0 Å². The van der Waals surface area contributed by atoms with Gasteiger partial charge >= 0.3 is 0 Å². The zero-order valence-corrected chi connectivity index (χ0v) is 22.2. The second-order valence-corrected chi connectivity index (χ2v) is 9.63. The third-order valence-corrected chi connectivity index (χ3v) is 7.06. The van der Waals surface area contributed by atoms with Crippen LogP contribution in [-0.2, 0) is 19.8 Å². The summed E-state index contributed by atoms with van der Waals surface area (Å²) < 4.78 is 24.7. The lowest BCUT2D eigenvalue weighted by molar-refractivity contribution is -0.294. The Bertz CT molecular complexity index is 1220. The molecule has 5 rings (SSSR count). The molecule has 206 valence electrons. The Morgan fingerprint density at radius 3 is 1.65 bits per heavy atom. The number of aliphatic hydroxyl groups excluding tert-OH is 2. The van der Waals surface area contributed by atoms with Gasteiger partial charge in [0.25, 0.3) is 0 Å². The second-order valence-electron chi connectivity index (χ2n) is 9.63. The molecular formula is C34H34O6.